The van der Waals surface area contributed by atoms with Crippen molar-refractivity contribution in [2.75, 3.05) is 39.4 Å². The Morgan fingerprint density at radius 1 is 0.914 bits per heavy atom. The summed E-state index contributed by atoms with van der Waals surface area (Å²) in [5.74, 6) is -0.128. The van der Waals surface area contributed by atoms with Crippen molar-refractivity contribution in [1.29, 1.82) is 0 Å². The van der Waals surface area contributed by atoms with Gasteiger partial charge in [0.05, 0.1) is 23.5 Å². The van der Waals surface area contributed by atoms with E-state index in [4.69, 9.17) is 0 Å². The Labute approximate surface area is 208 Å². The molecule has 1 aliphatic rings. The highest BCUT2D eigenvalue weighted by Gasteiger charge is 2.26. The van der Waals surface area contributed by atoms with Crippen molar-refractivity contribution in [3.8, 4) is 0 Å². The maximum atomic E-state index is 13.3. The van der Waals surface area contributed by atoms with Gasteiger partial charge in [-0.05, 0) is 25.6 Å². The van der Waals surface area contributed by atoms with Crippen molar-refractivity contribution < 1.29 is 14.4 Å². The number of hydrogen-bond acceptors (Lipinski definition) is 5. The third kappa shape index (κ3) is 5.63. The second-order valence-electron chi connectivity index (χ2n) is 9.12. The van der Waals surface area contributed by atoms with Crippen LogP contribution in [0.1, 0.15) is 24.1 Å². The van der Waals surface area contributed by atoms with E-state index in [2.05, 4.69) is 26.0 Å². The average Bonchev–Trinajstić information content (AvgIpc) is 3.21. The van der Waals surface area contributed by atoms with Gasteiger partial charge in [0.1, 0.15) is 0 Å². The molecule has 0 spiro atoms. The number of benzene rings is 2. The summed E-state index contributed by atoms with van der Waals surface area (Å²) in [5, 5.41) is 5.23. The lowest BCUT2D eigenvalue weighted by Gasteiger charge is -2.33. The molecule has 3 aromatic rings. The fourth-order valence-electron chi connectivity index (χ4n) is 4.63. The number of hydrogen-bond donors (Lipinski definition) is 1. The van der Waals surface area contributed by atoms with E-state index in [1.807, 2.05) is 60.5 Å². The van der Waals surface area contributed by atoms with Crippen LogP contribution in [-0.4, -0.2) is 77.4 Å². The van der Waals surface area contributed by atoms with E-state index < -0.39 is 6.04 Å². The number of aromatic nitrogens is 1. The Balaban J connectivity index is 1.41. The molecule has 35 heavy (non-hydrogen) atoms. The van der Waals surface area contributed by atoms with Gasteiger partial charge in [-0.2, -0.15) is 0 Å². The molecule has 1 amide bonds. The Morgan fingerprint density at radius 3 is 2.06 bits per heavy atom. The van der Waals surface area contributed by atoms with Gasteiger partial charge in [0.25, 0.3) is 0 Å². The molecule has 0 bridgehead atoms. The van der Waals surface area contributed by atoms with Crippen molar-refractivity contribution in [1.82, 2.24) is 19.7 Å². The van der Waals surface area contributed by atoms with Crippen molar-refractivity contribution in [3.05, 3.63) is 60.8 Å². The molecule has 1 aromatic heterocycles. The van der Waals surface area contributed by atoms with E-state index in [9.17, 15) is 14.4 Å². The predicted molar refractivity (Wildman–Crippen MR) is 144 cm³/mol. The lowest BCUT2D eigenvalue weighted by Crippen LogP contribution is -2.49. The van der Waals surface area contributed by atoms with E-state index in [0.29, 0.717) is 25.2 Å². The molecule has 1 fully saturated rings. The molecule has 1 N–H and O–H groups in total. The summed E-state index contributed by atoms with van der Waals surface area (Å²) >= 11 is 0. The number of carbonyl (C=O) groups is 3. The van der Waals surface area contributed by atoms with Crippen LogP contribution in [-0.2, 0) is 9.59 Å². The van der Waals surface area contributed by atoms with Crippen LogP contribution >= 0.6 is 9.24 Å². The van der Waals surface area contributed by atoms with Crippen LogP contribution in [0.2, 0.25) is 0 Å². The number of nitrogens with one attached hydrogen (secondary N) is 1. The highest BCUT2D eigenvalue weighted by molar-refractivity contribution is 7.18. The molecule has 2 aromatic carbocycles. The number of piperazine rings is 1. The number of carbonyl (C=O) groups excluding carboxylic acids is 3. The molecule has 8 heteroatoms. The van der Waals surface area contributed by atoms with E-state index >= 15 is 0 Å². The topological polar surface area (TPSA) is 74.7 Å². The van der Waals surface area contributed by atoms with Crippen LogP contribution in [0, 0.1) is 0 Å². The SMILES string of the molecule is C=C(CCC(=O)n1c2ccccc2c2ccccc21)NC(CC(=O)N1CCN(C)CC1)C(=O)CP. The van der Waals surface area contributed by atoms with Crippen LogP contribution in [0.15, 0.2) is 60.8 Å². The molecule has 0 radical (unpaired) electrons. The lowest BCUT2D eigenvalue weighted by atomic mass is 10.1. The molecule has 184 valence electrons. The standard InChI is InChI=1S/C27H33N4O3P/c1-19(28-22(25(32)18-35)17-27(34)30-15-13-29(2)14-16-30)11-12-26(33)31-23-9-5-3-7-20(23)21-8-4-6-10-24(21)31/h3-10,22,28H,1,11-18,35H2,2H3. The summed E-state index contributed by atoms with van der Waals surface area (Å²) in [6.45, 7) is 7.06. The van der Waals surface area contributed by atoms with E-state index in [0.717, 1.165) is 34.9 Å². The van der Waals surface area contributed by atoms with Crippen LogP contribution in [0.5, 0.6) is 0 Å². The molecule has 1 aliphatic heterocycles. The van der Waals surface area contributed by atoms with Gasteiger partial charge in [-0.25, -0.2) is 0 Å². The number of amides is 1. The third-order valence-electron chi connectivity index (χ3n) is 6.67. The van der Waals surface area contributed by atoms with Crippen molar-refractivity contribution >= 4 is 48.6 Å². The summed E-state index contributed by atoms with van der Waals surface area (Å²) < 4.78 is 1.76. The number of ketones is 1. The number of Topliss-reactive ketones (excluding diaryl/α,β-unsaturated/α-hetero) is 1. The zero-order valence-electron chi connectivity index (χ0n) is 20.2. The Morgan fingerprint density at radius 2 is 1.49 bits per heavy atom. The summed E-state index contributed by atoms with van der Waals surface area (Å²) in [4.78, 5) is 42.7. The number of rotatable bonds is 9. The largest absolute Gasteiger partial charge is 0.379 e. The molecule has 1 saturated heterocycles. The molecule has 7 nitrogen and oxygen atoms in total. The number of fused-ring (bicyclic) bond motifs is 3. The van der Waals surface area contributed by atoms with Crippen LogP contribution < -0.4 is 5.32 Å². The summed E-state index contributed by atoms with van der Waals surface area (Å²) in [6, 6.07) is 15.1. The van der Waals surface area contributed by atoms with Gasteiger partial charge in [-0.3, -0.25) is 19.0 Å². The second-order valence-corrected chi connectivity index (χ2v) is 9.53. The first kappa shape index (κ1) is 25.1. The number of para-hydroxylation sites is 2. The minimum atomic E-state index is -0.643. The smallest absolute Gasteiger partial charge is 0.231 e. The van der Waals surface area contributed by atoms with Crippen LogP contribution in [0.3, 0.4) is 0 Å². The van der Waals surface area contributed by atoms with Gasteiger partial charge in [0.2, 0.25) is 11.8 Å². The normalized spacial score (nSPS) is 15.3. The maximum absolute atomic E-state index is 13.3. The molecule has 2 heterocycles. The second kappa shape index (κ2) is 11.1. The number of likely N-dealkylation sites (N-methyl/N-ethyl adjacent to an activating group) is 1. The highest BCUT2D eigenvalue weighted by Crippen LogP contribution is 2.29. The summed E-state index contributed by atoms with van der Waals surface area (Å²) in [7, 11) is 4.47. The van der Waals surface area contributed by atoms with Gasteiger partial charge >= 0.3 is 0 Å². The third-order valence-corrected chi connectivity index (χ3v) is 7.08. The van der Waals surface area contributed by atoms with E-state index in [1.165, 1.54) is 0 Å². The zero-order valence-corrected chi connectivity index (χ0v) is 21.4. The fourth-order valence-corrected chi connectivity index (χ4v) is 4.91. The van der Waals surface area contributed by atoms with Gasteiger partial charge in [-0.15, -0.1) is 9.24 Å². The summed E-state index contributed by atoms with van der Waals surface area (Å²) in [5.41, 5.74) is 2.35. The predicted octanol–water partition coefficient (Wildman–Crippen LogP) is 3.30. The van der Waals surface area contributed by atoms with Crippen molar-refractivity contribution in [2.24, 2.45) is 0 Å². The lowest BCUT2D eigenvalue weighted by molar-refractivity contribution is -0.135. The van der Waals surface area contributed by atoms with Crippen molar-refractivity contribution in [2.45, 2.75) is 25.3 Å². The Bertz CT molecular complexity index is 1210. The zero-order chi connectivity index (χ0) is 24.9. The van der Waals surface area contributed by atoms with Gasteiger partial charge in [0, 0.05) is 55.2 Å². The van der Waals surface area contributed by atoms with Gasteiger partial charge in [0.15, 0.2) is 5.78 Å². The van der Waals surface area contributed by atoms with E-state index in [1.54, 1.807) is 4.57 Å². The Kier molecular flexibility index (Phi) is 7.99. The van der Waals surface area contributed by atoms with E-state index in [-0.39, 0.29) is 36.6 Å². The molecule has 4 rings (SSSR count). The van der Waals surface area contributed by atoms with Crippen LogP contribution in [0.25, 0.3) is 21.8 Å². The molecule has 2 unspecified atom stereocenters. The minimum absolute atomic E-state index is 0.0310. The first-order chi connectivity index (χ1) is 16.9. The number of nitrogens with zero attached hydrogens (tertiary/aromatic N) is 3. The molecular formula is C27H33N4O3P. The van der Waals surface area contributed by atoms with Crippen LogP contribution in [0.4, 0.5) is 0 Å². The number of allylic oxidation sites excluding steroid dienone is 1. The monoisotopic (exact) mass is 492 g/mol. The van der Waals surface area contributed by atoms with Gasteiger partial charge < -0.3 is 15.1 Å². The Hall–Kier alpha value is -3.02. The van der Waals surface area contributed by atoms with Gasteiger partial charge in [-0.1, -0.05) is 43.0 Å². The molecular weight excluding hydrogens is 459 g/mol. The first-order valence-electron chi connectivity index (χ1n) is 12.0. The maximum Gasteiger partial charge on any atom is 0.231 e. The molecule has 0 saturated carbocycles. The fraction of sp³-hybridized carbons (Fsp3) is 0.370. The quantitative estimate of drug-likeness (QED) is 0.464. The first-order valence-corrected chi connectivity index (χ1v) is 12.9. The molecule has 2 atom stereocenters. The summed E-state index contributed by atoms with van der Waals surface area (Å²) in [6.07, 6.45) is 0.962. The minimum Gasteiger partial charge on any atom is -0.379 e. The molecule has 0 aliphatic carbocycles. The average molecular weight is 493 g/mol. The highest BCUT2D eigenvalue weighted by atomic mass is 31.0. The van der Waals surface area contributed by atoms with Crippen molar-refractivity contribution in [3.63, 3.8) is 0 Å².